The fourth-order valence-corrected chi connectivity index (χ4v) is 1.94. The van der Waals surface area contributed by atoms with Gasteiger partial charge in [-0.05, 0) is 26.2 Å². The molecule has 0 radical (unpaired) electrons. The highest BCUT2D eigenvalue weighted by atomic mass is 16.2. The topological polar surface area (TPSA) is 55.1 Å². The van der Waals surface area contributed by atoms with E-state index in [1.165, 1.54) is 19.3 Å². The minimum atomic E-state index is -0.386. The maximum Gasteiger partial charge on any atom is 0.237 e. The van der Waals surface area contributed by atoms with E-state index in [9.17, 15) is 4.79 Å². The van der Waals surface area contributed by atoms with Gasteiger partial charge in [-0.25, -0.2) is 0 Å². The molecule has 1 fully saturated rings. The Kier molecular flexibility index (Phi) is 5.40. The van der Waals surface area contributed by atoms with Gasteiger partial charge in [-0.2, -0.15) is 0 Å². The van der Waals surface area contributed by atoms with E-state index in [0.717, 1.165) is 12.8 Å². The molecule has 0 aliphatic heterocycles. The third kappa shape index (κ3) is 4.47. The molecule has 0 saturated heterocycles. The van der Waals surface area contributed by atoms with Crippen molar-refractivity contribution in [2.24, 2.45) is 5.73 Å². The fourth-order valence-electron chi connectivity index (χ4n) is 1.94. The largest absolute Gasteiger partial charge is 0.352 e. The maximum atomic E-state index is 11.6. The second-order valence-corrected chi connectivity index (χ2v) is 4.25. The third-order valence-corrected chi connectivity index (χ3v) is 2.91. The predicted molar refractivity (Wildman–Crippen MR) is 62.4 cm³/mol. The number of carbonyl (C=O) groups is 1. The molecule has 3 heteroatoms. The van der Waals surface area contributed by atoms with Crippen LogP contribution in [0.4, 0.5) is 0 Å². The lowest BCUT2D eigenvalue weighted by Crippen LogP contribution is -2.45. The van der Waals surface area contributed by atoms with Crippen molar-refractivity contribution in [3.8, 4) is 0 Å². The molecule has 86 valence electrons. The normalized spacial score (nSPS) is 20.4. The Morgan fingerprint density at radius 3 is 2.73 bits per heavy atom. The van der Waals surface area contributed by atoms with E-state index in [0.29, 0.717) is 12.5 Å². The molecule has 0 spiro atoms. The van der Waals surface area contributed by atoms with Crippen LogP contribution in [-0.2, 0) is 4.79 Å². The Balaban J connectivity index is 2.26. The minimum Gasteiger partial charge on any atom is -0.352 e. The van der Waals surface area contributed by atoms with Crippen molar-refractivity contribution in [2.45, 2.75) is 57.5 Å². The third-order valence-electron chi connectivity index (χ3n) is 2.91. The fraction of sp³-hybridized carbons (Fsp3) is 0.750. The zero-order chi connectivity index (χ0) is 11.1. The van der Waals surface area contributed by atoms with E-state index in [1.54, 1.807) is 0 Å². The molecule has 3 N–H and O–H groups in total. The lowest BCUT2D eigenvalue weighted by atomic mass is 9.95. The number of nitrogens with two attached hydrogens (primary N) is 1. The Hall–Kier alpha value is -0.830. The van der Waals surface area contributed by atoms with Gasteiger partial charge in [-0.3, -0.25) is 4.79 Å². The summed E-state index contributed by atoms with van der Waals surface area (Å²) in [5.41, 5.74) is 5.76. The van der Waals surface area contributed by atoms with Gasteiger partial charge in [0.05, 0.1) is 6.04 Å². The van der Waals surface area contributed by atoms with E-state index in [1.807, 2.05) is 19.1 Å². The van der Waals surface area contributed by atoms with Crippen molar-refractivity contribution < 1.29 is 4.79 Å². The van der Waals surface area contributed by atoms with Crippen LogP contribution in [0.15, 0.2) is 12.2 Å². The molecule has 1 rings (SSSR count). The first kappa shape index (κ1) is 12.2. The molecular formula is C12H22N2O. The Morgan fingerprint density at radius 1 is 1.47 bits per heavy atom. The molecule has 1 aliphatic rings. The van der Waals surface area contributed by atoms with Gasteiger partial charge < -0.3 is 11.1 Å². The van der Waals surface area contributed by atoms with Crippen LogP contribution in [0.5, 0.6) is 0 Å². The van der Waals surface area contributed by atoms with Crippen molar-refractivity contribution in [3.63, 3.8) is 0 Å². The number of allylic oxidation sites excluding steroid dienone is 1. The monoisotopic (exact) mass is 210 g/mol. The molecule has 1 unspecified atom stereocenters. The number of hydrogen-bond donors (Lipinski definition) is 2. The van der Waals surface area contributed by atoms with Crippen LogP contribution in [0.1, 0.15) is 45.4 Å². The number of nitrogens with one attached hydrogen (secondary N) is 1. The molecular weight excluding hydrogens is 188 g/mol. The summed E-state index contributed by atoms with van der Waals surface area (Å²) in [6.07, 6.45) is 10.5. The Morgan fingerprint density at radius 2 is 2.13 bits per heavy atom. The van der Waals surface area contributed by atoms with Gasteiger partial charge in [0.15, 0.2) is 0 Å². The molecule has 0 aromatic rings. The summed E-state index contributed by atoms with van der Waals surface area (Å²) in [5, 5.41) is 3.03. The summed E-state index contributed by atoms with van der Waals surface area (Å²) in [6.45, 7) is 1.94. The molecule has 15 heavy (non-hydrogen) atoms. The number of rotatable bonds is 4. The van der Waals surface area contributed by atoms with E-state index in [2.05, 4.69) is 5.32 Å². The predicted octanol–water partition coefficient (Wildman–Crippen LogP) is 1.73. The van der Waals surface area contributed by atoms with Crippen molar-refractivity contribution in [1.29, 1.82) is 0 Å². The number of hydrogen-bond acceptors (Lipinski definition) is 2. The molecule has 0 aromatic heterocycles. The van der Waals surface area contributed by atoms with Gasteiger partial charge in [-0.1, -0.05) is 31.4 Å². The Bertz CT molecular complexity index is 220. The standard InChI is InChI=1S/C12H22N2O/c1-2-3-9-11(13)12(15)14-10-7-5-4-6-8-10/h2-3,10-11H,4-9,13H2,1H3,(H,14,15)/b3-2+. The highest BCUT2D eigenvalue weighted by molar-refractivity contribution is 5.81. The lowest BCUT2D eigenvalue weighted by molar-refractivity contribution is -0.123. The molecule has 1 atom stereocenters. The summed E-state index contributed by atoms with van der Waals surface area (Å²) in [5.74, 6) is 0.000000000000000222. The molecule has 0 bridgehead atoms. The summed E-state index contributed by atoms with van der Waals surface area (Å²) in [4.78, 5) is 11.6. The van der Waals surface area contributed by atoms with Crippen molar-refractivity contribution in [1.82, 2.24) is 5.32 Å². The van der Waals surface area contributed by atoms with Crippen molar-refractivity contribution in [2.75, 3.05) is 0 Å². The van der Waals surface area contributed by atoms with Gasteiger partial charge in [0.2, 0.25) is 5.91 Å². The van der Waals surface area contributed by atoms with Gasteiger partial charge >= 0.3 is 0 Å². The van der Waals surface area contributed by atoms with Crippen molar-refractivity contribution >= 4 is 5.91 Å². The zero-order valence-corrected chi connectivity index (χ0v) is 9.54. The highest BCUT2D eigenvalue weighted by Gasteiger charge is 2.18. The van der Waals surface area contributed by atoms with Gasteiger partial charge in [0, 0.05) is 6.04 Å². The van der Waals surface area contributed by atoms with Crippen LogP contribution >= 0.6 is 0 Å². The van der Waals surface area contributed by atoms with Crippen LogP contribution in [0, 0.1) is 0 Å². The van der Waals surface area contributed by atoms with Crippen LogP contribution in [0.3, 0.4) is 0 Å². The number of amides is 1. The average molecular weight is 210 g/mol. The van der Waals surface area contributed by atoms with Crippen LogP contribution in [-0.4, -0.2) is 18.0 Å². The Labute approximate surface area is 92.1 Å². The summed E-state index contributed by atoms with van der Waals surface area (Å²) in [6, 6.07) is -0.0222. The van der Waals surface area contributed by atoms with E-state index >= 15 is 0 Å². The maximum absolute atomic E-state index is 11.6. The molecule has 1 saturated carbocycles. The van der Waals surface area contributed by atoms with Gasteiger partial charge in [0.25, 0.3) is 0 Å². The van der Waals surface area contributed by atoms with Crippen LogP contribution < -0.4 is 11.1 Å². The first-order chi connectivity index (χ1) is 7.24. The van der Waals surface area contributed by atoms with Crippen LogP contribution in [0.2, 0.25) is 0 Å². The first-order valence-electron chi connectivity index (χ1n) is 5.91. The molecule has 0 aromatic carbocycles. The molecule has 3 nitrogen and oxygen atoms in total. The SMILES string of the molecule is C/C=C/CC(N)C(=O)NC1CCCCC1. The number of carbonyl (C=O) groups excluding carboxylic acids is 1. The second-order valence-electron chi connectivity index (χ2n) is 4.25. The van der Waals surface area contributed by atoms with E-state index < -0.39 is 0 Å². The van der Waals surface area contributed by atoms with E-state index in [4.69, 9.17) is 5.73 Å². The summed E-state index contributed by atoms with van der Waals surface area (Å²) >= 11 is 0. The average Bonchev–Trinajstić information content (AvgIpc) is 2.27. The summed E-state index contributed by atoms with van der Waals surface area (Å²) in [7, 11) is 0. The smallest absolute Gasteiger partial charge is 0.237 e. The highest BCUT2D eigenvalue weighted by Crippen LogP contribution is 2.17. The zero-order valence-electron chi connectivity index (χ0n) is 9.54. The van der Waals surface area contributed by atoms with Gasteiger partial charge in [0.1, 0.15) is 0 Å². The molecule has 1 aliphatic carbocycles. The first-order valence-corrected chi connectivity index (χ1v) is 5.91. The van der Waals surface area contributed by atoms with E-state index in [-0.39, 0.29) is 11.9 Å². The summed E-state index contributed by atoms with van der Waals surface area (Å²) < 4.78 is 0. The minimum absolute atomic E-state index is 0.000000000000000222. The van der Waals surface area contributed by atoms with Crippen LogP contribution in [0.25, 0.3) is 0 Å². The second kappa shape index (κ2) is 6.62. The lowest BCUT2D eigenvalue weighted by Gasteiger charge is -2.24. The molecule has 1 amide bonds. The van der Waals surface area contributed by atoms with Gasteiger partial charge in [-0.15, -0.1) is 0 Å². The quantitative estimate of drug-likeness (QED) is 0.694. The molecule has 0 heterocycles. The van der Waals surface area contributed by atoms with Crippen molar-refractivity contribution in [3.05, 3.63) is 12.2 Å².